The first kappa shape index (κ1) is 22.0. The van der Waals surface area contributed by atoms with Gasteiger partial charge < -0.3 is 24.5 Å². The third-order valence-corrected chi connectivity index (χ3v) is 5.06. The Morgan fingerprint density at radius 2 is 2.10 bits per heavy atom. The predicted molar refractivity (Wildman–Crippen MR) is 113 cm³/mol. The molecule has 1 aliphatic rings. The number of carbonyl (C=O) groups excluding carboxylic acids is 1. The van der Waals surface area contributed by atoms with Gasteiger partial charge in [0.2, 0.25) is 0 Å². The van der Waals surface area contributed by atoms with Crippen molar-refractivity contribution in [3.8, 4) is 5.75 Å². The Bertz CT molecular complexity index is 953. The lowest BCUT2D eigenvalue weighted by Crippen LogP contribution is -2.55. The Kier molecular flexibility index (Phi) is 6.62. The molecule has 0 unspecified atom stereocenters. The highest BCUT2D eigenvalue weighted by atomic mass is 16.6. The average Bonchev–Trinajstić information content (AvgIpc) is 2.67. The normalized spacial score (nSPS) is 20.2. The molecule has 30 heavy (non-hydrogen) atoms. The van der Waals surface area contributed by atoms with E-state index >= 15 is 0 Å². The molecule has 1 fully saturated rings. The van der Waals surface area contributed by atoms with Gasteiger partial charge in [-0.2, -0.15) is 0 Å². The van der Waals surface area contributed by atoms with Crippen molar-refractivity contribution in [1.29, 1.82) is 0 Å². The lowest BCUT2D eigenvalue weighted by atomic mass is 10.0. The van der Waals surface area contributed by atoms with Crippen LogP contribution in [0.5, 0.6) is 5.75 Å². The maximum atomic E-state index is 12.4. The number of carbonyl (C=O) groups is 1. The van der Waals surface area contributed by atoms with Crippen molar-refractivity contribution >= 4 is 17.1 Å². The topological polar surface area (TPSA) is 106 Å². The molecule has 0 saturated carbocycles. The number of hydrogen-bond donors (Lipinski definition) is 2. The summed E-state index contributed by atoms with van der Waals surface area (Å²) in [5.41, 5.74) is 0.734. The number of nitrogens with one attached hydrogen (secondary N) is 1. The number of aliphatic hydroxyl groups excluding tert-OH is 1. The summed E-state index contributed by atoms with van der Waals surface area (Å²) in [6.45, 7) is 7.54. The summed E-state index contributed by atoms with van der Waals surface area (Å²) in [6, 6.07) is 4.65. The van der Waals surface area contributed by atoms with Crippen LogP contribution in [0.15, 0.2) is 29.2 Å². The van der Waals surface area contributed by atoms with Crippen LogP contribution in [0.1, 0.15) is 27.2 Å². The van der Waals surface area contributed by atoms with Gasteiger partial charge in [-0.25, -0.2) is 4.79 Å². The van der Waals surface area contributed by atoms with Crippen LogP contribution in [0.25, 0.3) is 11.0 Å². The molecule has 9 nitrogen and oxygen atoms in total. The third kappa shape index (κ3) is 5.48. The molecule has 2 aromatic rings. The van der Waals surface area contributed by atoms with Gasteiger partial charge >= 0.3 is 6.09 Å². The Balaban J connectivity index is 1.61. The highest BCUT2D eigenvalue weighted by Gasteiger charge is 2.30. The fourth-order valence-electron chi connectivity index (χ4n) is 3.56. The molecular formula is C21H30N4O5. The second-order valence-electron chi connectivity index (χ2n) is 8.51. The maximum Gasteiger partial charge on any atom is 0.407 e. The number of hydrogen-bond acceptors (Lipinski definition) is 7. The van der Waals surface area contributed by atoms with Gasteiger partial charge in [0, 0.05) is 38.3 Å². The van der Waals surface area contributed by atoms with Crippen LogP contribution in [-0.2, 0) is 11.3 Å². The number of aliphatic hydroxyl groups is 1. The van der Waals surface area contributed by atoms with E-state index in [2.05, 4.69) is 15.2 Å². The van der Waals surface area contributed by atoms with Crippen molar-refractivity contribution in [2.24, 2.45) is 0 Å². The largest absolute Gasteiger partial charge is 0.495 e. The van der Waals surface area contributed by atoms with E-state index in [-0.39, 0.29) is 11.6 Å². The van der Waals surface area contributed by atoms with E-state index in [4.69, 9.17) is 9.47 Å². The van der Waals surface area contributed by atoms with Gasteiger partial charge in [0.25, 0.3) is 5.56 Å². The number of aromatic nitrogens is 2. The van der Waals surface area contributed by atoms with Crippen LogP contribution in [0.2, 0.25) is 0 Å². The van der Waals surface area contributed by atoms with Gasteiger partial charge in [-0.05, 0) is 33.3 Å². The molecule has 0 radical (unpaired) electrons. The zero-order chi connectivity index (χ0) is 21.9. The monoisotopic (exact) mass is 418 g/mol. The number of pyridine rings is 2. The number of fused-ring (bicyclic) bond motifs is 1. The second kappa shape index (κ2) is 9.01. The Morgan fingerprint density at radius 3 is 2.77 bits per heavy atom. The second-order valence-corrected chi connectivity index (χ2v) is 8.51. The van der Waals surface area contributed by atoms with E-state index in [1.165, 1.54) is 6.07 Å². The summed E-state index contributed by atoms with van der Waals surface area (Å²) in [5.74, 6) is 0.589. The Hall–Kier alpha value is -2.65. The van der Waals surface area contributed by atoms with Crippen molar-refractivity contribution in [2.75, 3.05) is 26.7 Å². The van der Waals surface area contributed by atoms with Gasteiger partial charge in [0.1, 0.15) is 11.4 Å². The minimum Gasteiger partial charge on any atom is -0.495 e. The summed E-state index contributed by atoms with van der Waals surface area (Å²) < 4.78 is 12.2. The van der Waals surface area contributed by atoms with Crippen LogP contribution < -0.4 is 15.6 Å². The molecule has 3 rings (SSSR count). The third-order valence-electron chi connectivity index (χ3n) is 5.06. The highest BCUT2D eigenvalue weighted by molar-refractivity contribution is 5.75. The van der Waals surface area contributed by atoms with E-state index in [1.54, 1.807) is 50.8 Å². The molecule has 0 aliphatic carbocycles. The van der Waals surface area contributed by atoms with E-state index in [0.29, 0.717) is 43.9 Å². The molecule has 1 aliphatic heterocycles. The lowest BCUT2D eigenvalue weighted by molar-refractivity contribution is 0.0194. The maximum absolute atomic E-state index is 12.4. The van der Waals surface area contributed by atoms with Gasteiger partial charge in [0.15, 0.2) is 0 Å². The van der Waals surface area contributed by atoms with Crippen molar-refractivity contribution in [2.45, 2.75) is 51.5 Å². The standard InChI is InChI=1S/C21H30N4O5/c1-21(2,3)30-20(28)23-16-7-8-24(13-18(16)26)9-10-25-17-11-14(29-4)12-22-15(17)5-6-19(25)27/h5-6,11-12,16,18,26H,7-10,13H2,1-4H3,(H,23,28)/t16-,18-/m0/s1. The fourth-order valence-corrected chi connectivity index (χ4v) is 3.56. The van der Waals surface area contributed by atoms with Gasteiger partial charge in [-0.3, -0.25) is 14.7 Å². The number of piperidine rings is 1. The highest BCUT2D eigenvalue weighted by Crippen LogP contribution is 2.17. The number of alkyl carbamates (subject to hydrolysis) is 1. The summed E-state index contributed by atoms with van der Waals surface area (Å²) in [6.07, 6.45) is 0.983. The van der Waals surface area contributed by atoms with Gasteiger partial charge in [-0.1, -0.05) is 0 Å². The first-order valence-corrected chi connectivity index (χ1v) is 10.1. The van der Waals surface area contributed by atoms with Crippen LogP contribution in [0, 0.1) is 0 Å². The first-order valence-electron chi connectivity index (χ1n) is 10.1. The van der Waals surface area contributed by atoms with Gasteiger partial charge in [-0.15, -0.1) is 0 Å². The molecule has 2 atom stereocenters. The number of amides is 1. The molecule has 1 saturated heterocycles. The minimum absolute atomic E-state index is 0.112. The summed E-state index contributed by atoms with van der Waals surface area (Å²) in [7, 11) is 1.56. The van der Waals surface area contributed by atoms with E-state index in [0.717, 1.165) is 5.52 Å². The molecule has 2 aromatic heterocycles. The van der Waals surface area contributed by atoms with Crippen molar-refractivity contribution in [3.63, 3.8) is 0 Å². The van der Waals surface area contributed by atoms with Crippen LogP contribution in [-0.4, -0.2) is 70.1 Å². The molecule has 164 valence electrons. The smallest absolute Gasteiger partial charge is 0.407 e. The first-order chi connectivity index (χ1) is 14.2. The number of ether oxygens (including phenoxy) is 2. The molecular weight excluding hydrogens is 388 g/mol. The summed E-state index contributed by atoms with van der Waals surface area (Å²) >= 11 is 0. The zero-order valence-corrected chi connectivity index (χ0v) is 17.9. The zero-order valence-electron chi connectivity index (χ0n) is 17.9. The number of likely N-dealkylation sites (tertiary alicyclic amines) is 1. The number of rotatable bonds is 5. The molecule has 0 spiro atoms. The minimum atomic E-state index is -0.711. The van der Waals surface area contributed by atoms with E-state index in [9.17, 15) is 14.7 Å². The van der Waals surface area contributed by atoms with Crippen molar-refractivity contribution in [3.05, 3.63) is 34.7 Å². The van der Waals surface area contributed by atoms with Crippen LogP contribution in [0.4, 0.5) is 4.79 Å². The lowest BCUT2D eigenvalue weighted by Gasteiger charge is -2.36. The van der Waals surface area contributed by atoms with Gasteiger partial charge in [0.05, 0.1) is 36.5 Å². The SMILES string of the molecule is COc1cnc2ccc(=O)n(CCN3CC[C@H](NC(=O)OC(C)(C)C)[C@@H](O)C3)c2c1. The van der Waals surface area contributed by atoms with Crippen LogP contribution >= 0.6 is 0 Å². The molecule has 1 amide bonds. The fraction of sp³-hybridized carbons (Fsp3) is 0.571. The number of methoxy groups -OCH3 is 1. The molecule has 2 N–H and O–H groups in total. The molecule has 0 aromatic carbocycles. The summed E-state index contributed by atoms with van der Waals surface area (Å²) in [4.78, 5) is 30.8. The van der Waals surface area contributed by atoms with E-state index in [1.807, 2.05) is 0 Å². The number of nitrogens with zero attached hydrogens (tertiary/aromatic N) is 3. The van der Waals surface area contributed by atoms with Crippen molar-refractivity contribution in [1.82, 2.24) is 19.8 Å². The average molecular weight is 418 g/mol. The van der Waals surface area contributed by atoms with Crippen LogP contribution in [0.3, 0.4) is 0 Å². The quantitative estimate of drug-likeness (QED) is 0.755. The van der Waals surface area contributed by atoms with Crippen molar-refractivity contribution < 1.29 is 19.4 Å². The number of β-amino-alcohol motifs (C(OH)–C–C–N with tert-alkyl or cyclic N) is 1. The summed E-state index contributed by atoms with van der Waals surface area (Å²) in [5, 5.41) is 13.2. The molecule has 9 heteroatoms. The molecule has 0 bridgehead atoms. The predicted octanol–water partition coefficient (Wildman–Crippen LogP) is 1.36. The Morgan fingerprint density at radius 1 is 1.33 bits per heavy atom. The molecule has 3 heterocycles. The Labute approximate surface area is 175 Å². The van der Waals surface area contributed by atoms with E-state index < -0.39 is 17.8 Å².